The summed E-state index contributed by atoms with van der Waals surface area (Å²) >= 11 is 13.5. The summed E-state index contributed by atoms with van der Waals surface area (Å²) < 4.78 is 0. The number of nitrogens with one attached hydrogen (secondary N) is 2. The molecule has 0 aliphatic carbocycles. The Labute approximate surface area is 239 Å². The van der Waals surface area contributed by atoms with Crippen molar-refractivity contribution in [2.24, 2.45) is 0 Å². The van der Waals surface area contributed by atoms with Gasteiger partial charge < -0.3 is 25.7 Å². The predicted molar refractivity (Wildman–Crippen MR) is 148 cm³/mol. The van der Waals surface area contributed by atoms with Crippen LogP contribution in [-0.4, -0.2) is 74.9 Å². The molecule has 0 aromatic heterocycles. The number of aliphatic carboxylic acids is 2. The Morgan fingerprint density at radius 2 is 1.72 bits per heavy atom. The molecule has 0 spiro atoms. The summed E-state index contributed by atoms with van der Waals surface area (Å²) in [5, 5.41) is 24.3. The summed E-state index contributed by atoms with van der Waals surface area (Å²) in [5.41, 5.74) is 1.15. The van der Waals surface area contributed by atoms with E-state index in [4.69, 9.17) is 28.3 Å². The second-order valence-corrected chi connectivity index (χ2v) is 10.7. The van der Waals surface area contributed by atoms with Crippen molar-refractivity contribution in [3.8, 4) is 0 Å². The zero-order valence-electron chi connectivity index (χ0n) is 20.7. The number of carbonyl (C=O) groups excluding carboxylic acids is 3. The molecule has 4 N–H and O–H groups in total. The minimum absolute atomic E-state index is 0.0416. The van der Waals surface area contributed by atoms with E-state index in [1.54, 1.807) is 42.5 Å². The summed E-state index contributed by atoms with van der Waals surface area (Å²) in [6.07, 6.45) is 0.319. The van der Waals surface area contributed by atoms with Crippen molar-refractivity contribution >= 4 is 70.3 Å². The molecule has 13 heteroatoms. The SMILES string of the molecule is O=C(O)CCCN1C(=O)CSCCC1C(=O)N[C@@H](Cc1ccc(NC(=O)c2c(Cl)cccc2Cl)cc1)C(=O)O. The third kappa shape index (κ3) is 8.61. The van der Waals surface area contributed by atoms with Crippen LogP contribution >= 0.6 is 35.0 Å². The molecule has 2 atom stereocenters. The lowest BCUT2D eigenvalue weighted by Gasteiger charge is -2.30. The molecule has 3 rings (SSSR count). The summed E-state index contributed by atoms with van der Waals surface area (Å²) in [6, 6.07) is 8.97. The van der Waals surface area contributed by atoms with Gasteiger partial charge >= 0.3 is 11.9 Å². The van der Waals surface area contributed by atoms with E-state index in [2.05, 4.69) is 10.6 Å². The van der Waals surface area contributed by atoms with E-state index in [9.17, 15) is 29.1 Å². The maximum Gasteiger partial charge on any atom is 0.326 e. The summed E-state index contributed by atoms with van der Waals surface area (Å²) in [4.78, 5) is 62.5. The van der Waals surface area contributed by atoms with Gasteiger partial charge in [-0.1, -0.05) is 41.4 Å². The highest BCUT2D eigenvalue weighted by Crippen LogP contribution is 2.25. The molecule has 10 nitrogen and oxygen atoms in total. The average Bonchev–Trinajstić information content (AvgIpc) is 3.05. The second kappa shape index (κ2) is 14.2. The first kappa shape index (κ1) is 30.3. The minimum atomic E-state index is -1.27. The average molecular weight is 596 g/mol. The lowest BCUT2D eigenvalue weighted by molar-refractivity contribution is -0.144. The van der Waals surface area contributed by atoms with E-state index in [0.29, 0.717) is 23.4 Å². The van der Waals surface area contributed by atoms with Crippen molar-refractivity contribution in [2.45, 2.75) is 37.8 Å². The maximum atomic E-state index is 13.1. The standard InChI is InChI=1S/C26H27Cl2N3O7S/c27-17-3-1-4-18(28)23(17)25(36)29-16-8-6-15(7-9-16)13-19(26(37)38)30-24(35)20-10-12-39-14-21(32)31(20)11-2-5-22(33)34/h1,3-4,6-9,19-20H,2,5,10-14H2,(H,29,36)(H,30,35)(H,33,34)(H,37,38)/t19-,20?/m0/s1. The highest BCUT2D eigenvalue weighted by molar-refractivity contribution is 7.99. The van der Waals surface area contributed by atoms with Crippen LogP contribution in [0.15, 0.2) is 42.5 Å². The van der Waals surface area contributed by atoms with Gasteiger partial charge in [0.2, 0.25) is 11.8 Å². The molecule has 0 radical (unpaired) electrons. The van der Waals surface area contributed by atoms with Gasteiger partial charge in [0.25, 0.3) is 5.91 Å². The van der Waals surface area contributed by atoms with Crippen molar-refractivity contribution in [2.75, 3.05) is 23.4 Å². The fraction of sp³-hybridized carbons (Fsp3) is 0.346. The molecule has 1 heterocycles. The number of anilines is 1. The van der Waals surface area contributed by atoms with Gasteiger partial charge in [-0.3, -0.25) is 19.2 Å². The first-order valence-corrected chi connectivity index (χ1v) is 13.9. The lowest BCUT2D eigenvalue weighted by Crippen LogP contribution is -2.54. The summed E-state index contributed by atoms with van der Waals surface area (Å²) in [5.74, 6) is -2.94. The molecule has 0 saturated carbocycles. The van der Waals surface area contributed by atoms with Crippen LogP contribution in [0, 0.1) is 0 Å². The molecule has 2 aromatic rings. The normalized spacial score (nSPS) is 16.2. The fourth-order valence-corrected chi connectivity index (χ4v) is 5.50. The van der Waals surface area contributed by atoms with Crippen LogP contribution in [0.1, 0.15) is 35.2 Å². The van der Waals surface area contributed by atoms with E-state index in [1.165, 1.54) is 16.7 Å². The quantitative estimate of drug-likeness (QED) is 0.307. The molecule has 1 aliphatic rings. The van der Waals surface area contributed by atoms with Gasteiger partial charge in [-0.2, -0.15) is 11.8 Å². The second-order valence-electron chi connectivity index (χ2n) is 8.79. The molecule has 1 fully saturated rings. The van der Waals surface area contributed by atoms with Gasteiger partial charge in [0, 0.05) is 25.1 Å². The van der Waals surface area contributed by atoms with Crippen molar-refractivity contribution in [3.63, 3.8) is 0 Å². The Kier molecular flexibility index (Phi) is 11.0. The van der Waals surface area contributed by atoms with Gasteiger partial charge in [0.1, 0.15) is 12.1 Å². The van der Waals surface area contributed by atoms with Crippen LogP contribution in [-0.2, 0) is 25.6 Å². The van der Waals surface area contributed by atoms with Crippen molar-refractivity contribution < 1.29 is 34.2 Å². The zero-order valence-corrected chi connectivity index (χ0v) is 23.0. The number of rotatable bonds is 11. The number of hydrogen-bond donors (Lipinski definition) is 4. The number of amides is 3. The highest BCUT2D eigenvalue weighted by atomic mass is 35.5. The molecule has 1 unspecified atom stereocenters. The lowest BCUT2D eigenvalue weighted by atomic mass is 10.0. The molecule has 0 bridgehead atoms. The van der Waals surface area contributed by atoms with Crippen molar-refractivity contribution in [1.29, 1.82) is 0 Å². The number of benzene rings is 2. The fourth-order valence-electron chi connectivity index (χ4n) is 4.06. The molecular weight excluding hydrogens is 569 g/mol. The Morgan fingerprint density at radius 1 is 1.05 bits per heavy atom. The topological polar surface area (TPSA) is 153 Å². The van der Waals surface area contributed by atoms with Crippen LogP contribution in [0.3, 0.4) is 0 Å². The Morgan fingerprint density at radius 3 is 2.33 bits per heavy atom. The number of carboxylic acid groups (broad SMARTS) is 2. The summed E-state index contributed by atoms with van der Waals surface area (Å²) in [6.45, 7) is 0.0914. The number of hydrogen-bond acceptors (Lipinski definition) is 6. The Bertz CT molecular complexity index is 1220. The predicted octanol–water partition coefficient (Wildman–Crippen LogP) is 3.56. The van der Waals surface area contributed by atoms with Gasteiger partial charge in [-0.15, -0.1) is 0 Å². The molecule has 39 heavy (non-hydrogen) atoms. The van der Waals surface area contributed by atoms with Gasteiger partial charge in [-0.05, 0) is 48.4 Å². The monoisotopic (exact) mass is 595 g/mol. The number of nitrogens with zero attached hydrogens (tertiary/aromatic N) is 1. The number of carbonyl (C=O) groups is 5. The Balaban J connectivity index is 1.66. The highest BCUT2D eigenvalue weighted by Gasteiger charge is 2.34. The van der Waals surface area contributed by atoms with E-state index in [1.807, 2.05) is 0 Å². The van der Waals surface area contributed by atoms with Gasteiger partial charge in [0.15, 0.2) is 0 Å². The first-order valence-electron chi connectivity index (χ1n) is 12.0. The van der Waals surface area contributed by atoms with Crippen LogP contribution in [0.5, 0.6) is 0 Å². The van der Waals surface area contributed by atoms with E-state index in [-0.39, 0.29) is 53.1 Å². The molecule has 1 saturated heterocycles. The molecule has 1 aliphatic heterocycles. The first-order chi connectivity index (χ1) is 18.6. The molecule has 3 amide bonds. The van der Waals surface area contributed by atoms with Crippen molar-refractivity contribution in [3.05, 3.63) is 63.6 Å². The van der Waals surface area contributed by atoms with Gasteiger partial charge in [0.05, 0.1) is 21.4 Å². The van der Waals surface area contributed by atoms with Crippen LogP contribution in [0.25, 0.3) is 0 Å². The van der Waals surface area contributed by atoms with Crippen LogP contribution < -0.4 is 10.6 Å². The Hall–Kier alpha value is -3.28. The largest absolute Gasteiger partial charge is 0.481 e. The molecule has 208 valence electrons. The number of halogens is 2. The molecular formula is C26H27Cl2N3O7S. The van der Waals surface area contributed by atoms with E-state index < -0.39 is 35.8 Å². The van der Waals surface area contributed by atoms with Gasteiger partial charge in [-0.25, -0.2) is 4.79 Å². The third-order valence-electron chi connectivity index (χ3n) is 6.01. The number of thioether (sulfide) groups is 1. The van der Waals surface area contributed by atoms with Crippen LogP contribution in [0.2, 0.25) is 10.0 Å². The summed E-state index contributed by atoms with van der Waals surface area (Å²) in [7, 11) is 0. The minimum Gasteiger partial charge on any atom is -0.481 e. The van der Waals surface area contributed by atoms with E-state index in [0.717, 1.165) is 0 Å². The molecule has 2 aromatic carbocycles. The maximum absolute atomic E-state index is 13.1. The van der Waals surface area contributed by atoms with Crippen LogP contribution in [0.4, 0.5) is 5.69 Å². The third-order valence-corrected chi connectivity index (χ3v) is 7.61. The van der Waals surface area contributed by atoms with E-state index >= 15 is 0 Å². The van der Waals surface area contributed by atoms with Crippen molar-refractivity contribution in [1.82, 2.24) is 10.2 Å². The smallest absolute Gasteiger partial charge is 0.326 e. The number of carboxylic acids is 2. The zero-order chi connectivity index (χ0) is 28.5.